The van der Waals surface area contributed by atoms with Gasteiger partial charge in [0.05, 0.1) is 17.4 Å². The van der Waals surface area contributed by atoms with Crippen molar-refractivity contribution in [1.29, 1.82) is 0 Å². The molecule has 0 unspecified atom stereocenters. The zero-order valence-electron chi connectivity index (χ0n) is 15.7. The summed E-state index contributed by atoms with van der Waals surface area (Å²) < 4.78 is 0. The van der Waals surface area contributed by atoms with Crippen LogP contribution in [-0.4, -0.2) is 26.8 Å². The van der Waals surface area contributed by atoms with Gasteiger partial charge in [-0.1, -0.05) is 55.3 Å². The second kappa shape index (κ2) is 8.21. The van der Waals surface area contributed by atoms with Gasteiger partial charge in [-0.3, -0.25) is 9.59 Å². The van der Waals surface area contributed by atoms with Gasteiger partial charge in [-0.25, -0.2) is 4.98 Å². The van der Waals surface area contributed by atoms with Crippen molar-refractivity contribution in [3.63, 3.8) is 0 Å². The van der Waals surface area contributed by atoms with Gasteiger partial charge in [0.1, 0.15) is 5.82 Å². The first-order chi connectivity index (χ1) is 13.7. The largest absolute Gasteiger partial charge is 0.329 e. The number of aromatic nitrogens is 2. The summed E-state index contributed by atoms with van der Waals surface area (Å²) in [5.74, 6) is 0.476. The molecule has 0 bridgehead atoms. The number of amides is 1. The fourth-order valence-corrected chi connectivity index (χ4v) is 3.80. The van der Waals surface area contributed by atoms with Gasteiger partial charge in [-0.2, -0.15) is 0 Å². The Morgan fingerprint density at radius 2 is 1.79 bits per heavy atom. The third-order valence-corrected chi connectivity index (χ3v) is 5.25. The van der Waals surface area contributed by atoms with Gasteiger partial charge >= 0.3 is 0 Å². The summed E-state index contributed by atoms with van der Waals surface area (Å²) in [6.45, 7) is 0.308. The topological polar surface area (TPSA) is 66.1 Å². The summed E-state index contributed by atoms with van der Waals surface area (Å²) in [4.78, 5) is 34.6. The van der Waals surface area contributed by atoms with Crippen molar-refractivity contribution in [1.82, 2.24) is 14.9 Å². The SMILES string of the molecule is O=C(/C=C/c1ccccc1)N(Cc1nc2ccccc2c(=O)[nH]1)C1CCCC1. The number of hydrogen-bond acceptors (Lipinski definition) is 3. The smallest absolute Gasteiger partial charge is 0.258 e. The number of fused-ring (bicyclic) bond motifs is 1. The maximum atomic E-state index is 13.0. The third kappa shape index (κ3) is 4.03. The lowest BCUT2D eigenvalue weighted by Gasteiger charge is -2.27. The van der Waals surface area contributed by atoms with Crippen molar-refractivity contribution < 1.29 is 4.79 Å². The van der Waals surface area contributed by atoms with E-state index in [0.717, 1.165) is 31.2 Å². The second-order valence-corrected chi connectivity index (χ2v) is 7.18. The fraction of sp³-hybridized carbons (Fsp3) is 0.261. The number of rotatable bonds is 5. The predicted molar refractivity (Wildman–Crippen MR) is 111 cm³/mol. The predicted octanol–water partition coefficient (Wildman–Crippen LogP) is 3.91. The number of carbonyl (C=O) groups excluding carboxylic acids is 1. The van der Waals surface area contributed by atoms with E-state index < -0.39 is 0 Å². The van der Waals surface area contributed by atoms with E-state index >= 15 is 0 Å². The monoisotopic (exact) mass is 373 g/mol. The Bertz CT molecular complexity index is 1050. The van der Waals surface area contributed by atoms with Crippen LogP contribution in [0.25, 0.3) is 17.0 Å². The molecule has 3 aromatic rings. The number of H-pyrrole nitrogens is 1. The average Bonchev–Trinajstić information content (AvgIpc) is 3.25. The number of nitrogens with one attached hydrogen (secondary N) is 1. The summed E-state index contributed by atoms with van der Waals surface area (Å²) in [6, 6.07) is 17.2. The number of benzene rings is 2. The van der Waals surface area contributed by atoms with Crippen LogP contribution in [0, 0.1) is 0 Å². The molecule has 1 aromatic heterocycles. The Labute approximate surface area is 163 Å². The minimum absolute atomic E-state index is 0.0495. The van der Waals surface area contributed by atoms with Crippen LogP contribution in [0.3, 0.4) is 0 Å². The minimum Gasteiger partial charge on any atom is -0.329 e. The summed E-state index contributed by atoms with van der Waals surface area (Å²) in [6.07, 6.45) is 7.68. The van der Waals surface area contributed by atoms with Gasteiger partial charge < -0.3 is 9.88 Å². The highest BCUT2D eigenvalue weighted by Crippen LogP contribution is 2.25. The van der Waals surface area contributed by atoms with Crippen LogP contribution in [0.4, 0.5) is 0 Å². The van der Waals surface area contributed by atoms with Crippen LogP contribution in [0.2, 0.25) is 0 Å². The molecule has 1 saturated carbocycles. The quantitative estimate of drug-likeness (QED) is 0.690. The zero-order valence-corrected chi connectivity index (χ0v) is 15.7. The Balaban J connectivity index is 1.60. The Hall–Kier alpha value is -3.21. The van der Waals surface area contributed by atoms with Crippen molar-refractivity contribution >= 4 is 22.9 Å². The van der Waals surface area contributed by atoms with Crippen LogP contribution >= 0.6 is 0 Å². The van der Waals surface area contributed by atoms with Crippen LogP contribution in [0.5, 0.6) is 0 Å². The second-order valence-electron chi connectivity index (χ2n) is 7.18. The highest BCUT2D eigenvalue weighted by molar-refractivity contribution is 5.92. The number of para-hydroxylation sites is 1. The van der Waals surface area contributed by atoms with Crippen molar-refractivity contribution in [3.05, 3.63) is 82.4 Å². The molecule has 142 valence electrons. The van der Waals surface area contributed by atoms with Crippen LogP contribution < -0.4 is 5.56 Å². The van der Waals surface area contributed by atoms with E-state index in [1.54, 1.807) is 12.1 Å². The average molecular weight is 373 g/mol. The summed E-state index contributed by atoms with van der Waals surface area (Å²) in [5.41, 5.74) is 1.47. The first kappa shape index (κ1) is 18.2. The number of carbonyl (C=O) groups is 1. The molecule has 0 radical (unpaired) electrons. The molecule has 1 fully saturated rings. The molecule has 1 heterocycles. The molecule has 1 aliphatic carbocycles. The highest BCUT2D eigenvalue weighted by atomic mass is 16.2. The zero-order chi connectivity index (χ0) is 19.3. The number of aromatic amines is 1. The normalized spacial score (nSPS) is 14.7. The summed E-state index contributed by atoms with van der Waals surface area (Å²) >= 11 is 0. The first-order valence-corrected chi connectivity index (χ1v) is 9.72. The Kier molecular flexibility index (Phi) is 5.33. The molecule has 0 aliphatic heterocycles. The molecule has 0 atom stereocenters. The molecule has 28 heavy (non-hydrogen) atoms. The molecule has 2 aromatic carbocycles. The van der Waals surface area contributed by atoms with Crippen molar-refractivity contribution in [2.75, 3.05) is 0 Å². The lowest BCUT2D eigenvalue weighted by Crippen LogP contribution is -2.38. The molecular weight excluding hydrogens is 350 g/mol. The highest BCUT2D eigenvalue weighted by Gasteiger charge is 2.26. The minimum atomic E-state index is -0.167. The number of hydrogen-bond donors (Lipinski definition) is 1. The van der Waals surface area contributed by atoms with E-state index in [2.05, 4.69) is 9.97 Å². The molecule has 0 saturated heterocycles. The van der Waals surface area contributed by atoms with E-state index in [9.17, 15) is 9.59 Å². The molecule has 0 spiro atoms. The number of nitrogens with zero attached hydrogens (tertiary/aromatic N) is 2. The van der Waals surface area contributed by atoms with Gasteiger partial charge in [0.15, 0.2) is 0 Å². The molecular formula is C23H23N3O2. The van der Waals surface area contributed by atoms with Gasteiger partial charge in [-0.05, 0) is 36.6 Å². The lowest BCUT2D eigenvalue weighted by molar-refractivity contribution is -0.128. The maximum absolute atomic E-state index is 13.0. The van der Waals surface area contributed by atoms with Crippen LogP contribution in [0.1, 0.15) is 37.1 Å². The Morgan fingerprint density at radius 3 is 2.57 bits per heavy atom. The molecule has 1 amide bonds. The van der Waals surface area contributed by atoms with Crippen LogP contribution in [-0.2, 0) is 11.3 Å². The van der Waals surface area contributed by atoms with E-state index in [0.29, 0.717) is 23.3 Å². The van der Waals surface area contributed by atoms with E-state index in [4.69, 9.17) is 0 Å². The standard InChI is InChI=1S/C23H23N3O2/c27-22(15-14-17-8-2-1-3-9-17)26(18-10-4-5-11-18)16-21-24-20-13-7-6-12-19(20)23(28)25-21/h1-3,6-9,12-15,18H,4-5,10-11,16H2,(H,24,25,28)/b15-14+. The maximum Gasteiger partial charge on any atom is 0.258 e. The van der Waals surface area contributed by atoms with Gasteiger partial charge in [-0.15, -0.1) is 0 Å². The van der Waals surface area contributed by atoms with Crippen molar-refractivity contribution in [2.45, 2.75) is 38.3 Å². The molecule has 5 heteroatoms. The van der Waals surface area contributed by atoms with E-state index in [1.165, 1.54) is 0 Å². The molecule has 1 aliphatic rings. The molecule has 1 N–H and O–H groups in total. The van der Waals surface area contributed by atoms with E-state index in [-0.39, 0.29) is 17.5 Å². The molecule has 5 nitrogen and oxygen atoms in total. The van der Waals surface area contributed by atoms with Gasteiger partial charge in [0.2, 0.25) is 5.91 Å². The lowest BCUT2D eigenvalue weighted by atomic mass is 10.1. The van der Waals surface area contributed by atoms with Crippen molar-refractivity contribution in [3.8, 4) is 0 Å². The van der Waals surface area contributed by atoms with Gasteiger partial charge in [0, 0.05) is 12.1 Å². The van der Waals surface area contributed by atoms with E-state index in [1.807, 2.05) is 59.5 Å². The summed E-state index contributed by atoms with van der Waals surface area (Å²) in [5, 5.41) is 0.564. The Morgan fingerprint density at radius 1 is 1.07 bits per heavy atom. The van der Waals surface area contributed by atoms with Gasteiger partial charge in [0.25, 0.3) is 5.56 Å². The third-order valence-electron chi connectivity index (χ3n) is 5.25. The molecule has 4 rings (SSSR count). The summed E-state index contributed by atoms with van der Waals surface area (Å²) in [7, 11) is 0. The first-order valence-electron chi connectivity index (χ1n) is 9.72. The van der Waals surface area contributed by atoms with Crippen LogP contribution in [0.15, 0.2) is 65.5 Å². The fourth-order valence-electron chi connectivity index (χ4n) is 3.80. The van der Waals surface area contributed by atoms with Crippen molar-refractivity contribution in [2.24, 2.45) is 0 Å².